The molecule has 2 fully saturated rings. The van der Waals surface area contributed by atoms with Gasteiger partial charge in [0.1, 0.15) is 0 Å². The van der Waals surface area contributed by atoms with E-state index in [4.69, 9.17) is 0 Å². The first-order valence-corrected chi connectivity index (χ1v) is 7.43. The van der Waals surface area contributed by atoms with Crippen LogP contribution in [0.3, 0.4) is 0 Å². The molecule has 1 aromatic rings. The highest BCUT2D eigenvalue weighted by Gasteiger charge is 2.26. The zero-order valence-electron chi connectivity index (χ0n) is 11.1. The van der Waals surface area contributed by atoms with Gasteiger partial charge in [0.2, 0.25) is 0 Å². The van der Waals surface area contributed by atoms with Crippen molar-refractivity contribution in [2.75, 3.05) is 26.2 Å². The summed E-state index contributed by atoms with van der Waals surface area (Å²) in [4.78, 5) is 2.71. The van der Waals surface area contributed by atoms with E-state index in [1.54, 1.807) is 5.56 Å². The minimum atomic E-state index is 0.791. The number of piperidine rings is 2. The Labute approximate surface area is 110 Å². The summed E-state index contributed by atoms with van der Waals surface area (Å²) in [5, 5.41) is 3.53. The van der Waals surface area contributed by atoms with Crippen molar-refractivity contribution >= 4 is 0 Å². The normalized spacial score (nSPS) is 27.2. The van der Waals surface area contributed by atoms with E-state index < -0.39 is 0 Å². The van der Waals surface area contributed by atoms with Crippen LogP contribution in [0.15, 0.2) is 30.3 Å². The van der Waals surface area contributed by atoms with Gasteiger partial charge in [-0.15, -0.1) is 0 Å². The molecule has 1 atom stereocenters. The van der Waals surface area contributed by atoms with E-state index in [-0.39, 0.29) is 0 Å². The molecule has 0 aliphatic carbocycles. The fourth-order valence-corrected chi connectivity index (χ4v) is 3.47. The topological polar surface area (TPSA) is 15.3 Å². The van der Waals surface area contributed by atoms with Gasteiger partial charge in [0, 0.05) is 12.6 Å². The third kappa shape index (κ3) is 2.76. The number of likely N-dealkylation sites (tertiary alicyclic amines) is 1. The van der Waals surface area contributed by atoms with Gasteiger partial charge >= 0.3 is 0 Å². The second-order valence-electron chi connectivity index (χ2n) is 5.72. The Morgan fingerprint density at radius 2 is 1.78 bits per heavy atom. The number of rotatable bonds is 2. The third-order valence-electron chi connectivity index (χ3n) is 4.59. The van der Waals surface area contributed by atoms with E-state index in [1.807, 2.05) is 0 Å². The van der Waals surface area contributed by atoms with Gasteiger partial charge in [0.15, 0.2) is 0 Å². The summed E-state index contributed by atoms with van der Waals surface area (Å²) in [6, 6.07) is 11.9. The van der Waals surface area contributed by atoms with Crippen molar-refractivity contribution < 1.29 is 0 Å². The van der Waals surface area contributed by atoms with Crippen molar-refractivity contribution in [2.45, 2.75) is 37.6 Å². The Balaban J connectivity index is 1.54. The van der Waals surface area contributed by atoms with E-state index in [0.717, 1.165) is 12.0 Å². The van der Waals surface area contributed by atoms with Gasteiger partial charge in [-0.3, -0.25) is 4.90 Å². The quantitative estimate of drug-likeness (QED) is 0.860. The van der Waals surface area contributed by atoms with Crippen LogP contribution in [0, 0.1) is 0 Å². The van der Waals surface area contributed by atoms with E-state index in [9.17, 15) is 0 Å². The minimum absolute atomic E-state index is 0.791. The van der Waals surface area contributed by atoms with Crippen molar-refractivity contribution in [3.63, 3.8) is 0 Å². The van der Waals surface area contributed by atoms with Crippen molar-refractivity contribution in [3.05, 3.63) is 35.9 Å². The SMILES string of the molecule is c1ccc(C2CCN(C3CCCNC3)CC2)cc1. The molecule has 2 saturated heterocycles. The van der Waals surface area contributed by atoms with Crippen LogP contribution in [0.5, 0.6) is 0 Å². The molecule has 0 amide bonds. The Kier molecular flexibility index (Phi) is 3.96. The monoisotopic (exact) mass is 244 g/mol. The van der Waals surface area contributed by atoms with E-state index in [2.05, 4.69) is 40.5 Å². The molecule has 2 heterocycles. The van der Waals surface area contributed by atoms with Crippen molar-refractivity contribution in [2.24, 2.45) is 0 Å². The van der Waals surface area contributed by atoms with Gasteiger partial charge < -0.3 is 5.32 Å². The van der Waals surface area contributed by atoms with Crippen LogP contribution in [0.1, 0.15) is 37.2 Å². The lowest BCUT2D eigenvalue weighted by Crippen LogP contribution is -2.48. The van der Waals surface area contributed by atoms with Crippen LogP contribution in [0.2, 0.25) is 0 Å². The Bertz CT molecular complexity index is 349. The molecule has 98 valence electrons. The Morgan fingerprint density at radius 3 is 2.44 bits per heavy atom. The summed E-state index contributed by atoms with van der Waals surface area (Å²) in [7, 11) is 0. The summed E-state index contributed by atoms with van der Waals surface area (Å²) in [6.07, 6.45) is 5.41. The van der Waals surface area contributed by atoms with Crippen molar-refractivity contribution in [3.8, 4) is 0 Å². The van der Waals surface area contributed by atoms with Gasteiger partial charge in [-0.2, -0.15) is 0 Å². The van der Waals surface area contributed by atoms with Crippen molar-refractivity contribution in [1.29, 1.82) is 0 Å². The highest BCUT2D eigenvalue weighted by Crippen LogP contribution is 2.29. The van der Waals surface area contributed by atoms with Crippen LogP contribution in [-0.2, 0) is 0 Å². The molecule has 2 nitrogen and oxygen atoms in total. The summed E-state index contributed by atoms with van der Waals surface area (Å²) in [5.41, 5.74) is 1.54. The molecule has 0 saturated carbocycles. The number of nitrogens with zero attached hydrogens (tertiary/aromatic N) is 1. The van der Waals surface area contributed by atoms with Gasteiger partial charge in [-0.05, 0) is 56.8 Å². The third-order valence-corrected chi connectivity index (χ3v) is 4.59. The van der Waals surface area contributed by atoms with Crippen LogP contribution in [-0.4, -0.2) is 37.1 Å². The average Bonchev–Trinajstić information content (AvgIpc) is 2.49. The van der Waals surface area contributed by atoms with Crippen molar-refractivity contribution in [1.82, 2.24) is 10.2 Å². The molecule has 2 aliphatic rings. The number of benzene rings is 1. The second kappa shape index (κ2) is 5.85. The van der Waals surface area contributed by atoms with E-state index in [1.165, 1.54) is 51.9 Å². The molecule has 18 heavy (non-hydrogen) atoms. The summed E-state index contributed by atoms with van der Waals surface area (Å²) >= 11 is 0. The molecule has 2 aliphatic heterocycles. The molecule has 3 rings (SSSR count). The lowest BCUT2D eigenvalue weighted by molar-refractivity contribution is 0.130. The van der Waals surface area contributed by atoms with Gasteiger partial charge in [0.25, 0.3) is 0 Å². The molecular formula is C16H24N2. The van der Waals surface area contributed by atoms with E-state index in [0.29, 0.717) is 0 Å². The zero-order chi connectivity index (χ0) is 12.2. The van der Waals surface area contributed by atoms with Gasteiger partial charge in [0.05, 0.1) is 0 Å². The largest absolute Gasteiger partial charge is 0.315 e. The Hall–Kier alpha value is -0.860. The summed E-state index contributed by atoms with van der Waals surface area (Å²) < 4.78 is 0. The molecule has 1 aromatic carbocycles. The zero-order valence-corrected chi connectivity index (χ0v) is 11.1. The maximum atomic E-state index is 3.53. The maximum Gasteiger partial charge on any atom is 0.0221 e. The number of hydrogen-bond donors (Lipinski definition) is 1. The summed E-state index contributed by atoms with van der Waals surface area (Å²) in [6.45, 7) is 4.99. The first kappa shape index (κ1) is 12.2. The van der Waals surface area contributed by atoms with Gasteiger partial charge in [-0.1, -0.05) is 30.3 Å². The lowest BCUT2D eigenvalue weighted by Gasteiger charge is -2.39. The second-order valence-corrected chi connectivity index (χ2v) is 5.72. The molecule has 2 heteroatoms. The minimum Gasteiger partial charge on any atom is -0.315 e. The molecule has 0 aromatic heterocycles. The van der Waals surface area contributed by atoms with Gasteiger partial charge in [-0.25, -0.2) is 0 Å². The maximum absolute atomic E-state index is 3.53. The molecule has 0 radical (unpaired) electrons. The van der Waals surface area contributed by atoms with Crippen LogP contribution in [0.4, 0.5) is 0 Å². The standard InChI is InChI=1S/C16H24N2/c1-2-5-14(6-3-1)15-8-11-18(12-9-15)16-7-4-10-17-13-16/h1-3,5-6,15-17H,4,7-13H2. The first-order valence-electron chi connectivity index (χ1n) is 7.43. The predicted octanol–water partition coefficient (Wildman–Crippen LogP) is 2.62. The Morgan fingerprint density at radius 1 is 1.00 bits per heavy atom. The fraction of sp³-hybridized carbons (Fsp3) is 0.625. The van der Waals surface area contributed by atoms with Crippen LogP contribution < -0.4 is 5.32 Å². The number of hydrogen-bond acceptors (Lipinski definition) is 2. The summed E-state index contributed by atoms with van der Waals surface area (Å²) in [5.74, 6) is 0.791. The lowest BCUT2D eigenvalue weighted by atomic mass is 9.88. The molecule has 1 N–H and O–H groups in total. The highest BCUT2D eigenvalue weighted by molar-refractivity contribution is 5.20. The molecule has 1 unspecified atom stereocenters. The molecule has 0 spiro atoms. The van der Waals surface area contributed by atoms with Crippen LogP contribution >= 0.6 is 0 Å². The highest BCUT2D eigenvalue weighted by atomic mass is 15.2. The number of nitrogens with one attached hydrogen (secondary N) is 1. The van der Waals surface area contributed by atoms with E-state index >= 15 is 0 Å². The first-order chi connectivity index (χ1) is 8.93. The fourth-order valence-electron chi connectivity index (χ4n) is 3.47. The smallest absolute Gasteiger partial charge is 0.0221 e. The molecular weight excluding hydrogens is 220 g/mol. The molecule has 0 bridgehead atoms. The van der Waals surface area contributed by atoms with Crippen LogP contribution in [0.25, 0.3) is 0 Å². The average molecular weight is 244 g/mol. The predicted molar refractivity (Wildman–Crippen MR) is 75.9 cm³/mol.